The summed E-state index contributed by atoms with van der Waals surface area (Å²) in [5.74, 6) is -0.474. The standard InChI is InChI=1S/C18H17FN2O2S2/c1-10(12-6-7-14(23-3)13(19)9-12)20-17(22)16-11(2)21-18(25-16)15-5-4-8-24-15/h4-10H,1-3H3,(H,20,22)/t10-/m1/s1. The van der Waals surface area contributed by atoms with E-state index in [1.54, 1.807) is 23.5 Å². The van der Waals surface area contributed by atoms with Gasteiger partial charge in [-0.1, -0.05) is 12.1 Å². The Labute approximate surface area is 153 Å². The van der Waals surface area contributed by atoms with Crippen molar-refractivity contribution in [1.82, 2.24) is 10.3 Å². The lowest BCUT2D eigenvalue weighted by atomic mass is 10.1. The number of carbonyl (C=O) groups is 1. The SMILES string of the molecule is COc1ccc([C@@H](C)NC(=O)c2sc(-c3cccs3)nc2C)cc1F. The van der Waals surface area contributed by atoms with E-state index in [1.165, 1.54) is 24.5 Å². The predicted octanol–water partition coefficient (Wildman–Crippen LogP) is 4.82. The first-order chi connectivity index (χ1) is 12.0. The van der Waals surface area contributed by atoms with Crippen molar-refractivity contribution < 1.29 is 13.9 Å². The first-order valence-corrected chi connectivity index (χ1v) is 9.34. The van der Waals surface area contributed by atoms with E-state index in [4.69, 9.17) is 4.74 Å². The molecule has 0 unspecified atom stereocenters. The smallest absolute Gasteiger partial charge is 0.263 e. The molecule has 3 rings (SSSR count). The number of hydrogen-bond donors (Lipinski definition) is 1. The highest BCUT2D eigenvalue weighted by Crippen LogP contribution is 2.31. The summed E-state index contributed by atoms with van der Waals surface area (Å²) in [4.78, 5) is 18.7. The molecule has 0 saturated carbocycles. The maximum Gasteiger partial charge on any atom is 0.263 e. The fourth-order valence-corrected chi connectivity index (χ4v) is 4.18. The Balaban J connectivity index is 1.77. The summed E-state index contributed by atoms with van der Waals surface area (Å²) >= 11 is 2.95. The van der Waals surface area contributed by atoms with Crippen molar-refractivity contribution in [2.45, 2.75) is 19.9 Å². The van der Waals surface area contributed by atoms with E-state index in [1.807, 2.05) is 31.4 Å². The van der Waals surface area contributed by atoms with Crippen LogP contribution in [0.25, 0.3) is 9.88 Å². The Hall–Kier alpha value is -2.25. The molecule has 25 heavy (non-hydrogen) atoms. The number of methoxy groups -OCH3 is 1. The van der Waals surface area contributed by atoms with Gasteiger partial charge in [0.05, 0.1) is 23.7 Å². The van der Waals surface area contributed by atoms with Crippen LogP contribution >= 0.6 is 22.7 Å². The van der Waals surface area contributed by atoms with Crippen LogP contribution in [-0.4, -0.2) is 18.0 Å². The molecule has 7 heteroatoms. The number of nitrogens with one attached hydrogen (secondary N) is 1. The second-order valence-corrected chi connectivity index (χ2v) is 7.45. The van der Waals surface area contributed by atoms with Gasteiger partial charge in [-0.25, -0.2) is 9.37 Å². The van der Waals surface area contributed by atoms with Crippen molar-refractivity contribution in [3.63, 3.8) is 0 Å². The number of amides is 1. The number of benzene rings is 1. The molecule has 3 aromatic rings. The summed E-state index contributed by atoms with van der Waals surface area (Å²) < 4.78 is 18.8. The number of thiophene rings is 1. The van der Waals surface area contributed by atoms with Gasteiger partial charge in [0, 0.05) is 0 Å². The molecule has 0 radical (unpaired) electrons. The zero-order valence-corrected chi connectivity index (χ0v) is 15.6. The Kier molecular flexibility index (Phi) is 5.15. The number of hydrogen-bond acceptors (Lipinski definition) is 5. The van der Waals surface area contributed by atoms with Gasteiger partial charge < -0.3 is 10.1 Å². The summed E-state index contributed by atoms with van der Waals surface area (Å²) in [5, 5.41) is 5.72. The molecule has 0 saturated heterocycles. The number of thiazole rings is 1. The fraction of sp³-hybridized carbons (Fsp3) is 0.222. The minimum Gasteiger partial charge on any atom is -0.494 e. The van der Waals surface area contributed by atoms with Crippen molar-refractivity contribution >= 4 is 28.6 Å². The molecule has 2 aromatic heterocycles. The van der Waals surface area contributed by atoms with Crippen LogP contribution in [0.4, 0.5) is 4.39 Å². The Morgan fingerprint density at radius 1 is 1.36 bits per heavy atom. The molecule has 0 bridgehead atoms. The summed E-state index contributed by atoms with van der Waals surface area (Å²) in [6.45, 7) is 3.63. The van der Waals surface area contributed by atoms with Crippen LogP contribution in [0.5, 0.6) is 5.75 Å². The van der Waals surface area contributed by atoms with Crippen molar-refractivity contribution in [2.24, 2.45) is 0 Å². The van der Waals surface area contributed by atoms with Gasteiger partial charge in [0.25, 0.3) is 5.91 Å². The Bertz CT molecular complexity index is 891. The molecule has 4 nitrogen and oxygen atoms in total. The molecule has 130 valence electrons. The lowest BCUT2D eigenvalue weighted by Gasteiger charge is -2.14. The Morgan fingerprint density at radius 3 is 2.80 bits per heavy atom. The van der Waals surface area contributed by atoms with Crippen molar-refractivity contribution in [1.29, 1.82) is 0 Å². The second-order valence-electron chi connectivity index (χ2n) is 5.50. The quantitative estimate of drug-likeness (QED) is 0.695. The zero-order valence-electron chi connectivity index (χ0n) is 14.0. The summed E-state index contributed by atoms with van der Waals surface area (Å²) in [6.07, 6.45) is 0. The van der Waals surface area contributed by atoms with Crippen molar-refractivity contribution in [3.8, 4) is 15.6 Å². The number of halogens is 1. The molecular formula is C18H17FN2O2S2. The van der Waals surface area contributed by atoms with E-state index in [-0.39, 0.29) is 17.7 Å². The van der Waals surface area contributed by atoms with Gasteiger partial charge in [-0.05, 0) is 43.0 Å². The monoisotopic (exact) mass is 376 g/mol. The molecule has 0 aliphatic heterocycles. The minimum absolute atomic E-state index is 0.182. The van der Waals surface area contributed by atoms with Crippen LogP contribution in [0, 0.1) is 12.7 Å². The molecular weight excluding hydrogens is 359 g/mol. The molecule has 1 N–H and O–H groups in total. The van der Waals surface area contributed by atoms with Gasteiger partial charge in [0.15, 0.2) is 11.6 Å². The summed E-state index contributed by atoms with van der Waals surface area (Å²) in [5.41, 5.74) is 1.37. The second kappa shape index (κ2) is 7.33. The number of nitrogens with zero attached hydrogens (tertiary/aromatic N) is 1. The number of aromatic nitrogens is 1. The van der Waals surface area contributed by atoms with E-state index < -0.39 is 5.82 Å². The van der Waals surface area contributed by atoms with E-state index in [0.717, 1.165) is 9.88 Å². The largest absolute Gasteiger partial charge is 0.494 e. The van der Waals surface area contributed by atoms with Crippen LogP contribution in [0.15, 0.2) is 35.7 Å². The van der Waals surface area contributed by atoms with Crippen LogP contribution in [-0.2, 0) is 0 Å². The first kappa shape index (κ1) is 17.6. The number of aryl methyl sites for hydroxylation is 1. The van der Waals surface area contributed by atoms with Gasteiger partial charge in [-0.15, -0.1) is 22.7 Å². The molecule has 1 amide bonds. The molecule has 0 fully saturated rings. The highest BCUT2D eigenvalue weighted by molar-refractivity contribution is 7.22. The van der Waals surface area contributed by atoms with Crippen LogP contribution in [0.1, 0.15) is 33.9 Å². The molecule has 2 heterocycles. The van der Waals surface area contributed by atoms with Gasteiger partial charge in [-0.3, -0.25) is 4.79 Å². The average Bonchev–Trinajstić information content (AvgIpc) is 3.24. The van der Waals surface area contributed by atoms with Crippen LogP contribution in [0.2, 0.25) is 0 Å². The molecule has 0 aliphatic rings. The zero-order chi connectivity index (χ0) is 18.0. The molecule has 0 aliphatic carbocycles. The third-order valence-electron chi connectivity index (χ3n) is 3.76. The van der Waals surface area contributed by atoms with Gasteiger partial charge in [0.2, 0.25) is 0 Å². The van der Waals surface area contributed by atoms with Crippen molar-refractivity contribution in [2.75, 3.05) is 7.11 Å². The number of carbonyl (C=O) groups excluding carboxylic acids is 1. The van der Waals surface area contributed by atoms with Crippen molar-refractivity contribution in [3.05, 3.63) is 57.7 Å². The van der Waals surface area contributed by atoms with Gasteiger partial charge in [0.1, 0.15) is 9.88 Å². The lowest BCUT2D eigenvalue weighted by molar-refractivity contribution is 0.0943. The maximum absolute atomic E-state index is 13.9. The molecule has 1 aromatic carbocycles. The van der Waals surface area contributed by atoms with E-state index in [0.29, 0.717) is 16.1 Å². The fourth-order valence-electron chi connectivity index (χ4n) is 2.41. The predicted molar refractivity (Wildman–Crippen MR) is 99.0 cm³/mol. The first-order valence-electron chi connectivity index (χ1n) is 7.65. The minimum atomic E-state index is -0.449. The average molecular weight is 376 g/mol. The van der Waals surface area contributed by atoms with Crippen LogP contribution in [0.3, 0.4) is 0 Å². The number of rotatable bonds is 5. The third kappa shape index (κ3) is 3.72. The van der Waals surface area contributed by atoms with E-state index in [2.05, 4.69) is 10.3 Å². The topological polar surface area (TPSA) is 51.2 Å². The van der Waals surface area contributed by atoms with E-state index >= 15 is 0 Å². The highest BCUT2D eigenvalue weighted by Gasteiger charge is 2.19. The highest BCUT2D eigenvalue weighted by atomic mass is 32.1. The molecule has 1 atom stereocenters. The third-order valence-corrected chi connectivity index (χ3v) is 5.95. The normalized spacial score (nSPS) is 12.0. The number of ether oxygens (including phenoxy) is 1. The maximum atomic E-state index is 13.9. The van der Waals surface area contributed by atoms with Gasteiger partial charge >= 0.3 is 0 Å². The van der Waals surface area contributed by atoms with Crippen LogP contribution < -0.4 is 10.1 Å². The van der Waals surface area contributed by atoms with Gasteiger partial charge in [-0.2, -0.15) is 0 Å². The summed E-state index contributed by atoms with van der Waals surface area (Å²) in [6, 6.07) is 8.27. The molecule has 0 spiro atoms. The summed E-state index contributed by atoms with van der Waals surface area (Å²) in [7, 11) is 1.42. The van der Waals surface area contributed by atoms with E-state index in [9.17, 15) is 9.18 Å². The Morgan fingerprint density at radius 2 is 2.16 bits per heavy atom. The lowest BCUT2D eigenvalue weighted by Crippen LogP contribution is -2.26.